The highest BCUT2D eigenvalue weighted by molar-refractivity contribution is 5.85. The van der Waals surface area contributed by atoms with Gasteiger partial charge in [0.1, 0.15) is 0 Å². The third-order valence-electron chi connectivity index (χ3n) is 4.70. The number of hydrogen-bond acceptors (Lipinski definition) is 1. The van der Waals surface area contributed by atoms with Crippen LogP contribution in [-0.4, -0.2) is 6.54 Å². The van der Waals surface area contributed by atoms with E-state index in [4.69, 9.17) is 5.73 Å². The van der Waals surface area contributed by atoms with E-state index in [1.807, 2.05) is 0 Å². The van der Waals surface area contributed by atoms with Crippen LogP contribution in [0.25, 0.3) is 0 Å². The zero-order valence-electron chi connectivity index (χ0n) is 14.5. The van der Waals surface area contributed by atoms with E-state index in [9.17, 15) is 0 Å². The molecule has 2 heteroatoms. The van der Waals surface area contributed by atoms with Gasteiger partial charge < -0.3 is 5.73 Å². The fourth-order valence-corrected chi connectivity index (χ4v) is 3.49. The Morgan fingerprint density at radius 3 is 1.04 bits per heavy atom. The van der Waals surface area contributed by atoms with Crippen LogP contribution < -0.4 is 5.73 Å². The minimum absolute atomic E-state index is 0. The molecule has 0 unspecified atom stereocenters. The van der Waals surface area contributed by atoms with Crippen molar-refractivity contribution in [2.75, 3.05) is 6.54 Å². The number of nitrogens with two attached hydrogens (primary N) is 1. The molecule has 0 aliphatic rings. The molecule has 0 fully saturated rings. The standard InChI is InChI=1S/C23H25N.ClH/c24-19-23(16-20-10-4-1-5-11-20,17-21-12-6-2-7-13-21)18-22-14-8-3-9-15-22;/h1-15H,16-19,24H2;1H. The summed E-state index contributed by atoms with van der Waals surface area (Å²) in [6.07, 6.45) is 2.98. The van der Waals surface area contributed by atoms with Crippen molar-refractivity contribution in [3.8, 4) is 0 Å². The summed E-state index contributed by atoms with van der Waals surface area (Å²) >= 11 is 0. The first-order valence-corrected chi connectivity index (χ1v) is 8.62. The lowest BCUT2D eigenvalue weighted by atomic mass is 9.72. The summed E-state index contributed by atoms with van der Waals surface area (Å²) < 4.78 is 0. The number of hydrogen-bond donors (Lipinski definition) is 1. The number of rotatable bonds is 7. The zero-order chi connectivity index (χ0) is 16.7. The van der Waals surface area contributed by atoms with E-state index >= 15 is 0 Å². The third-order valence-corrected chi connectivity index (χ3v) is 4.70. The van der Waals surface area contributed by atoms with E-state index in [-0.39, 0.29) is 17.8 Å². The first-order valence-electron chi connectivity index (χ1n) is 8.62. The minimum Gasteiger partial charge on any atom is -0.330 e. The molecular weight excluding hydrogens is 326 g/mol. The summed E-state index contributed by atoms with van der Waals surface area (Å²) in [6.45, 7) is 0.672. The molecule has 0 saturated heterocycles. The Labute approximate surface area is 157 Å². The van der Waals surface area contributed by atoms with Crippen molar-refractivity contribution in [2.45, 2.75) is 19.3 Å². The quantitative estimate of drug-likeness (QED) is 0.631. The molecule has 3 rings (SSSR count). The van der Waals surface area contributed by atoms with Crippen molar-refractivity contribution in [3.63, 3.8) is 0 Å². The maximum Gasteiger partial charge on any atom is -0.00109 e. The third kappa shape index (κ3) is 5.45. The van der Waals surface area contributed by atoms with Gasteiger partial charge in [0.05, 0.1) is 0 Å². The van der Waals surface area contributed by atoms with Gasteiger partial charge in [-0.05, 0) is 47.9 Å². The van der Waals surface area contributed by atoms with Crippen LogP contribution in [0, 0.1) is 5.41 Å². The van der Waals surface area contributed by atoms with Crippen LogP contribution in [0.5, 0.6) is 0 Å². The minimum atomic E-state index is 0. The Kier molecular flexibility index (Phi) is 7.24. The maximum atomic E-state index is 6.35. The van der Waals surface area contributed by atoms with Crippen LogP contribution in [0.1, 0.15) is 16.7 Å². The summed E-state index contributed by atoms with van der Waals surface area (Å²) in [5.74, 6) is 0. The number of benzene rings is 3. The average Bonchev–Trinajstić information content (AvgIpc) is 2.64. The second kappa shape index (κ2) is 9.41. The van der Waals surface area contributed by atoms with Crippen molar-refractivity contribution >= 4 is 12.4 Å². The first kappa shape index (κ1) is 19.2. The fraction of sp³-hybridized carbons (Fsp3) is 0.217. The smallest absolute Gasteiger partial charge is 0.00109 e. The van der Waals surface area contributed by atoms with Crippen LogP contribution in [0.3, 0.4) is 0 Å². The topological polar surface area (TPSA) is 26.0 Å². The van der Waals surface area contributed by atoms with E-state index in [0.717, 1.165) is 19.3 Å². The molecule has 25 heavy (non-hydrogen) atoms. The summed E-state index contributed by atoms with van der Waals surface area (Å²) in [7, 11) is 0. The van der Waals surface area contributed by atoms with Gasteiger partial charge in [-0.3, -0.25) is 0 Å². The van der Waals surface area contributed by atoms with Gasteiger partial charge in [0.2, 0.25) is 0 Å². The summed E-state index contributed by atoms with van der Waals surface area (Å²) in [6, 6.07) is 32.1. The van der Waals surface area contributed by atoms with Crippen LogP contribution in [0.15, 0.2) is 91.0 Å². The number of halogens is 1. The second-order valence-corrected chi connectivity index (χ2v) is 6.69. The van der Waals surface area contributed by atoms with E-state index < -0.39 is 0 Å². The molecule has 0 atom stereocenters. The van der Waals surface area contributed by atoms with Crippen LogP contribution in [0.4, 0.5) is 0 Å². The Balaban J connectivity index is 0.00000225. The molecule has 2 N–H and O–H groups in total. The van der Waals surface area contributed by atoms with E-state index in [1.165, 1.54) is 16.7 Å². The highest BCUT2D eigenvalue weighted by Crippen LogP contribution is 2.31. The van der Waals surface area contributed by atoms with Crippen molar-refractivity contribution in [1.82, 2.24) is 0 Å². The van der Waals surface area contributed by atoms with Crippen molar-refractivity contribution < 1.29 is 0 Å². The van der Waals surface area contributed by atoms with Gasteiger partial charge in [-0.25, -0.2) is 0 Å². The molecule has 3 aromatic rings. The molecule has 0 aliphatic carbocycles. The van der Waals surface area contributed by atoms with Gasteiger partial charge in [-0.2, -0.15) is 0 Å². The predicted octanol–water partition coefficient (Wildman–Crippen LogP) is 5.08. The first-order chi connectivity index (χ1) is 11.8. The van der Waals surface area contributed by atoms with Crippen LogP contribution in [-0.2, 0) is 19.3 Å². The molecule has 0 spiro atoms. The van der Waals surface area contributed by atoms with Crippen LogP contribution >= 0.6 is 12.4 Å². The molecule has 0 aliphatic heterocycles. The molecule has 0 amide bonds. The lowest BCUT2D eigenvalue weighted by Gasteiger charge is -2.33. The second-order valence-electron chi connectivity index (χ2n) is 6.69. The van der Waals surface area contributed by atoms with Gasteiger partial charge in [-0.15, -0.1) is 12.4 Å². The largest absolute Gasteiger partial charge is 0.330 e. The SMILES string of the molecule is Cl.NCC(Cc1ccccc1)(Cc1ccccc1)Cc1ccccc1. The molecule has 0 radical (unpaired) electrons. The lowest BCUT2D eigenvalue weighted by Crippen LogP contribution is -2.37. The van der Waals surface area contributed by atoms with Gasteiger partial charge >= 0.3 is 0 Å². The molecule has 3 aromatic carbocycles. The molecule has 0 saturated carbocycles. The summed E-state index contributed by atoms with van der Waals surface area (Å²) in [5, 5.41) is 0. The van der Waals surface area contributed by atoms with Gasteiger partial charge in [0.25, 0.3) is 0 Å². The van der Waals surface area contributed by atoms with E-state index in [2.05, 4.69) is 91.0 Å². The molecule has 0 heterocycles. The van der Waals surface area contributed by atoms with Crippen molar-refractivity contribution in [1.29, 1.82) is 0 Å². The molecule has 0 bridgehead atoms. The van der Waals surface area contributed by atoms with Crippen molar-refractivity contribution in [3.05, 3.63) is 108 Å². The molecule has 130 valence electrons. The lowest BCUT2D eigenvalue weighted by molar-refractivity contribution is 0.290. The average molecular weight is 352 g/mol. The zero-order valence-corrected chi connectivity index (χ0v) is 15.3. The van der Waals surface area contributed by atoms with E-state index in [0.29, 0.717) is 6.54 Å². The summed E-state index contributed by atoms with van der Waals surface area (Å²) in [5.41, 5.74) is 10.5. The Hall–Kier alpha value is -2.09. The molecule has 0 aromatic heterocycles. The Morgan fingerprint density at radius 1 is 0.520 bits per heavy atom. The normalized spacial score (nSPS) is 10.9. The summed E-state index contributed by atoms with van der Waals surface area (Å²) in [4.78, 5) is 0. The molecular formula is C23H26ClN. The van der Waals surface area contributed by atoms with Crippen molar-refractivity contribution in [2.24, 2.45) is 11.1 Å². The fourth-order valence-electron chi connectivity index (χ4n) is 3.49. The molecule has 1 nitrogen and oxygen atoms in total. The van der Waals surface area contributed by atoms with Gasteiger partial charge in [-0.1, -0.05) is 91.0 Å². The highest BCUT2D eigenvalue weighted by atomic mass is 35.5. The Morgan fingerprint density at radius 2 is 0.800 bits per heavy atom. The van der Waals surface area contributed by atoms with Crippen LogP contribution in [0.2, 0.25) is 0 Å². The van der Waals surface area contributed by atoms with Gasteiger partial charge in [0, 0.05) is 0 Å². The highest BCUT2D eigenvalue weighted by Gasteiger charge is 2.29. The predicted molar refractivity (Wildman–Crippen MR) is 109 cm³/mol. The van der Waals surface area contributed by atoms with E-state index in [1.54, 1.807) is 0 Å². The maximum absolute atomic E-state index is 6.35. The monoisotopic (exact) mass is 351 g/mol. The van der Waals surface area contributed by atoms with Gasteiger partial charge in [0.15, 0.2) is 0 Å². The Bertz CT molecular complexity index is 624.